The SMILES string of the molecule is O=C(O)C(Cc1ccccc1)N1C(=O)/C(=C/c2cccc(Br)c2)SC1=S. The zero-order chi connectivity index (χ0) is 18.7. The van der Waals surface area contributed by atoms with E-state index in [9.17, 15) is 14.7 Å². The lowest BCUT2D eigenvalue weighted by Gasteiger charge is -2.23. The fourth-order valence-electron chi connectivity index (χ4n) is 2.62. The molecular weight excluding hydrogens is 434 g/mol. The van der Waals surface area contributed by atoms with Crippen molar-refractivity contribution < 1.29 is 14.7 Å². The molecule has 26 heavy (non-hydrogen) atoms. The predicted octanol–water partition coefficient (Wildman–Crippen LogP) is 4.35. The lowest BCUT2D eigenvalue weighted by molar-refractivity contribution is -0.145. The summed E-state index contributed by atoms with van der Waals surface area (Å²) in [6, 6.07) is 15.7. The van der Waals surface area contributed by atoms with Crippen LogP contribution in [0, 0.1) is 0 Å². The number of rotatable bonds is 5. The first-order chi connectivity index (χ1) is 12.5. The molecule has 1 N–H and O–H groups in total. The lowest BCUT2D eigenvalue weighted by atomic mass is 10.0. The maximum Gasteiger partial charge on any atom is 0.327 e. The van der Waals surface area contributed by atoms with Crippen molar-refractivity contribution in [2.45, 2.75) is 12.5 Å². The van der Waals surface area contributed by atoms with E-state index in [2.05, 4.69) is 15.9 Å². The number of thiocarbonyl (C=S) groups is 1. The summed E-state index contributed by atoms with van der Waals surface area (Å²) in [5.41, 5.74) is 1.68. The maximum atomic E-state index is 12.8. The molecule has 4 nitrogen and oxygen atoms in total. The highest BCUT2D eigenvalue weighted by Crippen LogP contribution is 2.35. The van der Waals surface area contributed by atoms with Gasteiger partial charge in [0.1, 0.15) is 10.4 Å². The molecule has 1 amide bonds. The number of aliphatic carboxylic acids is 1. The van der Waals surface area contributed by atoms with Gasteiger partial charge in [0.05, 0.1) is 4.91 Å². The number of carboxylic acid groups (broad SMARTS) is 1. The third kappa shape index (κ3) is 4.23. The largest absolute Gasteiger partial charge is 0.480 e. The summed E-state index contributed by atoms with van der Waals surface area (Å²) in [6.45, 7) is 0. The van der Waals surface area contributed by atoms with Gasteiger partial charge in [-0.25, -0.2) is 4.79 Å². The van der Waals surface area contributed by atoms with Crippen LogP contribution in [0.1, 0.15) is 11.1 Å². The number of hydrogen-bond acceptors (Lipinski definition) is 4. The van der Waals surface area contributed by atoms with Crippen LogP contribution in [0.15, 0.2) is 64.0 Å². The van der Waals surface area contributed by atoms with Gasteiger partial charge in [0.25, 0.3) is 5.91 Å². The summed E-state index contributed by atoms with van der Waals surface area (Å²) >= 11 is 9.83. The summed E-state index contributed by atoms with van der Waals surface area (Å²) in [6.07, 6.45) is 1.93. The Labute approximate surface area is 169 Å². The van der Waals surface area contributed by atoms with Crippen molar-refractivity contribution in [1.82, 2.24) is 4.90 Å². The summed E-state index contributed by atoms with van der Waals surface area (Å²) < 4.78 is 1.16. The van der Waals surface area contributed by atoms with Crippen molar-refractivity contribution in [3.05, 3.63) is 75.1 Å². The number of halogens is 1. The van der Waals surface area contributed by atoms with Crippen LogP contribution in [0.5, 0.6) is 0 Å². The predicted molar refractivity (Wildman–Crippen MR) is 111 cm³/mol. The summed E-state index contributed by atoms with van der Waals surface area (Å²) in [7, 11) is 0. The third-order valence-corrected chi connectivity index (χ3v) is 5.66. The number of hydrogen-bond donors (Lipinski definition) is 1. The number of amides is 1. The first-order valence-corrected chi connectivity index (χ1v) is 9.77. The van der Waals surface area contributed by atoms with Crippen molar-refractivity contribution in [2.75, 3.05) is 0 Å². The number of carbonyl (C=O) groups is 2. The number of carbonyl (C=O) groups excluding carboxylic acids is 1. The van der Waals surface area contributed by atoms with Crippen LogP contribution in [0.25, 0.3) is 6.08 Å². The molecule has 1 unspecified atom stereocenters. The molecule has 0 aliphatic carbocycles. The topological polar surface area (TPSA) is 57.6 Å². The number of nitrogens with zero attached hydrogens (tertiary/aromatic N) is 1. The van der Waals surface area contributed by atoms with Gasteiger partial charge in [0, 0.05) is 10.9 Å². The Kier molecular flexibility index (Phi) is 5.90. The first kappa shape index (κ1) is 18.8. The van der Waals surface area contributed by atoms with E-state index in [0.29, 0.717) is 4.91 Å². The maximum absolute atomic E-state index is 12.8. The molecule has 1 aliphatic rings. The number of carboxylic acids is 1. The van der Waals surface area contributed by atoms with Crippen molar-refractivity contribution >= 4 is 62.2 Å². The summed E-state index contributed by atoms with van der Waals surface area (Å²) in [5.74, 6) is -1.45. The Morgan fingerprint density at radius 2 is 1.96 bits per heavy atom. The summed E-state index contributed by atoms with van der Waals surface area (Å²) in [5, 5.41) is 9.65. The van der Waals surface area contributed by atoms with E-state index in [1.54, 1.807) is 6.08 Å². The molecule has 3 rings (SSSR count). The van der Waals surface area contributed by atoms with E-state index in [1.807, 2.05) is 54.6 Å². The lowest BCUT2D eigenvalue weighted by Crippen LogP contribution is -2.45. The van der Waals surface area contributed by atoms with Gasteiger partial charge in [-0.05, 0) is 29.3 Å². The van der Waals surface area contributed by atoms with Crippen molar-refractivity contribution in [3.8, 4) is 0 Å². The van der Waals surface area contributed by atoms with Crippen molar-refractivity contribution in [3.63, 3.8) is 0 Å². The fourth-order valence-corrected chi connectivity index (χ4v) is 4.40. The fraction of sp³-hybridized carbons (Fsp3) is 0.105. The van der Waals surface area contributed by atoms with Crippen LogP contribution < -0.4 is 0 Å². The minimum Gasteiger partial charge on any atom is -0.480 e. The van der Waals surface area contributed by atoms with Crippen LogP contribution in [0.2, 0.25) is 0 Å². The molecule has 0 radical (unpaired) electrons. The molecule has 0 spiro atoms. The molecule has 1 saturated heterocycles. The Hall–Kier alpha value is -1.96. The average Bonchev–Trinajstić information content (AvgIpc) is 2.87. The molecule has 1 fully saturated rings. The van der Waals surface area contributed by atoms with E-state index < -0.39 is 12.0 Å². The van der Waals surface area contributed by atoms with Crippen LogP contribution >= 0.6 is 39.9 Å². The van der Waals surface area contributed by atoms with E-state index in [1.165, 1.54) is 4.90 Å². The van der Waals surface area contributed by atoms with Gasteiger partial charge >= 0.3 is 5.97 Å². The average molecular weight is 448 g/mol. The van der Waals surface area contributed by atoms with Crippen LogP contribution in [0.4, 0.5) is 0 Å². The second-order valence-electron chi connectivity index (χ2n) is 5.65. The van der Waals surface area contributed by atoms with Gasteiger partial charge in [-0.2, -0.15) is 0 Å². The molecule has 0 bridgehead atoms. The molecule has 1 heterocycles. The van der Waals surface area contributed by atoms with Gasteiger partial charge in [-0.3, -0.25) is 9.69 Å². The van der Waals surface area contributed by atoms with Crippen LogP contribution in [-0.2, 0) is 16.0 Å². The van der Waals surface area contributed by atoms with E-state index in [4.69, 9.17) is 12.2 Å². The quantitative estimate of drug-likeness (QED) is 0.545. The van der Waals surface area contributed by atoms with Gasteiger partial charge in [0.2, 0.25) is 0 Å². The monoisotopic (exact) mass is 447 g/mol. The Bertz CT molecular complexity index is 899. The number of thioether (sulfide) groups is 1. The van der Waals surface area contributed by atoms with Crippen LogP contribution in [0.3, 0.4) is 0 Å². The molecule has 2 aromatic rings. The standard InChI is InChI=1S/C19H14BrNO3S2/c20-14-8-4-7-13(9-14)11-16-17(22)21(19(25)26-16)15(18(23)24)10-12-5-2-1-3-6-12/h1-9,11,15H,10H2,(H,23,24)/b16-11-. The van der Waals surface area contributed by atoms with Gasteiger partial charge < -0.3 is 5.11 Å². The van der Waals surface area contributed by atoms with E-state index in [0.717, 1.165) is 27.4 Å². The molecular formula is C19H14BrNO3S2. The molecule has 0 aromatic heterocycles. The highest BCUT2D eigenvalue weighted by atomic mass is 79.9. The van der Waals surface area contributed by atoms with Gasteiger partial charge in [0.15, 0.2) is 0 Å². The molecule has 2 aromatic carbocycles. The van der Waals surface area contributed by atoms with Gasteiger partial charge in [-0.1, -0.05) is 82.4 Å². The van der Waals surface area contributed by atoms with Crippen molar-refractivity contribution in [2.24, 2.45) is 0 Å². The third-order valence-electron chi connectivity index (χ3n) is 3.84. The second kappa shape index (κ2) is 8.16. The van der Waals surface area contributed by atoms with E-state index >= 15 is 0 Å². The molecule has 0 saturated carbocycles. The minimum absolute atomic E-state index is 0.201. The van der Waals surface area contributed by atoms with Crippen molar-refractivity contribution in [1.29, 1.82) is 0 Å². The Morgan fingerprint density at radius 3 is 2.62 bits per heavy atom. The second-order valence-corrected chi connectivity index (χ2v) is 8.24. The first-order valence-electron chi connectivity index (χ1n) is 7.75. The number of benzene rings is 2. The van der Waals surface area contributed by atoms with E-state index in [-0.39, 0.29) is 16.6 Å². The van der Waals surface area contributed by atoms with Crippen LogP contribution in [-0.4, -0.2) is 32.2 Å². The zero-order valence-electron chi connectivity index (χ0n) is 13.5. The Morgan fingerprint density at radius 1 is 1.23 bits per heavy atom. The molecule has 132 valence electrons. The highest BCUT2D eigenvalue weighted by molar-refractivity contribution is 9.10. The molecule has 1 aliphatic heterocycles. The summed E-state index contributed by atoms with van der Waals surface area (Å²) in [4.78, 5) is 26.2. The highest BCUT2D eigenvalue weighted by Gasteiger charge is 2.40. The smallest absolute Gasteiger partial charge is 0.327 e. The molecule has 1 atom stereocenters. The Balaban J connectivity index is 1.88. The zero-order valence-corrected chi connectivity index (χ0v) is 16.7. The molecule has 7 heteroatoms. The van der Waals surface area contributed by atoms with Gasteiger partial charge in [-0.15, -0.1) is 0 Å². The normalized spacial score (nSPS) is 17.0. The minimum atomic E-state index is -1.08.